The topological polar surface area (TPSA) is 50.4 Å². The van der Waals surface area contributed by atoms with Crippen LogP contribution < -0.4 is 10.6 Å². The van der Waals surface area contributed by atoms with Gasteiger partial charge in [0, 0.05) is 15.9 Å². The SMILES string of the molecule is COC(=O)c1cc(C)sc1NC(=S)NCc1ccccc1Br. The van der Waals surface area contributed by atoms with Crippen LogP contribution in [0.2, 0.25) is 0 Å². The Balaban J connectivity index is 2.01. The van der Waals surface area contributed by atoms with Crippen molar-refractivity contribution in [2.45, 2.75) is 13.5 Å². The van der Waals surface area contributed by atoms with Gasteiger partial charge in [0.15, 0.2) is 5.11 Å². The van der Waals surface area contributed by atoms with Crippen LogP contribution in [-0.2, 0) is 11.3 Å². The van der Waals surface area contributed by atoms with Crippen LogP contribution in [0, 0.1) is 6.92 Å². The second-order valence-electron chi connectivity index (χ2n) is 4.49. The predicted octanol–water partition coefficient (Wildman–Crippen LogP) is 4.09. The molecule has 0 aliphatic heterocycles. The number of esters is 1. The molecule has 116 valence electrons. The normalized spacial score (nSPS) is 10.1. The summed E-state index contributed by atoms with van der Waals surface area (Å²) in [6.07, 6.45) is 0. The Hall–Kier alpha value is -1.44. The summed E-state index contributed by atoms with van der Waals surface area (Å²) in [5, 5.41) is 7.34. The number of carbonyl (C=O) groups excluding carboxylic acids is 1. The number of hydrogen-bond donors (Lipinski definition) is 2. The number of aryl methyl sites for hydroxylation is 1. The van der Waals surface area contributed by atoms with Crippen LogP contribution in [0.25, 0.3) is 0 Å². The van der Waals surface area contributed by atoms with Gasteiger partial charge in [-0.3, -0.25) is 0 Å². The Labute approximate surface area is 147 Å². The maximum absolute atomic E-state index is 11.7. The van der Waals surface area contributed by atoms with Crippen molar-refractivity contribution in [1.29, 1.82) is 0 Å². The fourth-order valence-electron chi connectivity index (χ4n) is 1.83. The molecule has 0 fully saturated rings. The molecule has 0 aliphatic carbocycles. The molecule has 7 heteroatoms. The maximum atomic E-state index is 11.7. The third-order valence-corrected chi connectivity index (χ3v) is 4.87. The summed E-state index contributed by atoms with van der Waals surface area (Å²) < 4.78 is 5.80. The molecule has 0 amide bonds. The molecule has 0 atom stereocenters. The summed E-state index contributed by atoms with van der Waals surface area (Å²) >= 11 is 10.2. The van der Waals surface area contributed by atoms with E-state index in [-0.39, 0.29) is 5.97 Å². The number of rotatable bonds is 4. The van der Waals surface area contributed by atoms with Crippen LogP contribution in [0.3, 0.4) is 0 Å². The monoisotopic (exact) mass is 398 g/mol. The van der Waals surface area contributed by atoms with E-state index in [1.165, 1.54) is 18.4 Å². The zero-order valence-corrected chi connectivity index (χ0v) is 15.3. The first kappa shape index (κ1) is 16.9. The lowest BCUT2D eigenvalue weighted by molar-refractivity contribution is 0.0602. The Morgan fingerprint density at radius 2 is 2.14 bits per heavy atom. The van der Waals surface area contributed by atoms with E-state index in [1.54, 1.807) is 6.07 Å². The number of methoxy groups -OCH3 is 1. The van der Waals surface area contributed by atoms with E-state index in [0.29, 0.717) is 22.2 Å². The summed E-state index contributed by atoms with van der Waals surface area (Å²) in [4.78, 5) is 12.7. The van der Waals surface area contributed by atoms with Gasteiger partial charge in [-0.25, -0.2) is 4.79 Å². The summed E-state index contributed by atoms with van der Waals surface area (Å²) in [6.45, 7) is 2.52. The molecule has 0 unspecified atom stereocenters. The molecule has 1 aromatic heterocycles. The fourth-order valence-corrected chi connectivity index (χ4v) is 3.40. The number of ether oxygens (including phenoxy) is 1. The number of nitrogens with one attached hydrogen (secondary N) is 2. The Kier molecular flexibility index (Phi) is 5.93. The van der Waals surface area contributed by atoms with E-state index in [4.69, 9.17) is 17.0 Å². The van der Waals surface area contributed by atoms with Crippen molar-refractivity contribution < 1.29 is 9.53 Å². The molecule has 4 nitrogen and oxygen atoms in total. The Morgan fingerprint density at radius 3 is 2.82 bits per heavy atom. The fraction of sp³-hybridized carbons (Fsp3) is 0.200. The highest BCUT2D eigenvalue weighted by atomic mass is 79.9. The average Bonchev–Trinajstić information content (AvgIpc) is 2.86. The van der Waals surface area contributed by atoms with E-state index < -0.39 is 0 Å². The smallest absolute Gasteiger partial charge is 0.340 e. The second-order valence-corrected chi connectivity index (χ2v) is 7.01. The highest BCUT2D eigenvalue weighted by Gasteiger charge is 2.16. The molecule has 0 bridgehead atoms. The van der Waals surface area contributed by atoms with E-state index in [1.807, 2.05) is 31.2 Å². The van der Waals surface area contributed by atoms with Crippen LogP contribution in [0.15, 0.2) is 34.8 Å². The van der Waals surface area contributed by atoms with Crippen molar-refractivity contribution in [1.82, 2.24) is 5.32 Å². The van der Waals surface area contributed by atoms with Crippen molar-refractivity contribution >= 4 is 55.6 Å². The van der Waals surface area contributed by atoms with Gasteiger partial charge in [0.1, 0.15) is 5.00 Å². The van der Waals surface area contributed by atoms with E-state index in [0.717, 1.165) is 14.9 Å². The van der Waals surface area contributed by atoms with Crippen LogP contribution >= 0.6 is 39.5 Å². The molecular weight excluding hydrogens is 384 g/mol. The van der Waals surface area contributed by atoms with Gasteiger partial charge >= 0.3 is 5.97 Å². The standard InChI is InChI=1S/C15H15BrN2O2S2/c1-9-7-11(14(19)20-2)13(22-9)18-15(21)17-8-10-5-3-4-6-12(10)16/h3-7H,8H2,1-2H3,(H2,17,18,21). The largest absolute Gasteiger partial charge is 0.465 e. The van der Waals surface area contributed by atoms with Crippen LogP contribution in [0.1, 0.15) is 20.8 Å². The average molecular weight is 399 g/mol. The van der Waals surface area contributed by atoms with Gasteiger partial charge < -0.3 is 15.4 Å². The second kappa shape index (κ2) is 7.71. The lowest BCUT2D eigenvalue weighted by Gasteiger charge is -2.11. The number of thiophene rings is 1. The predicted molar refractivity (Wildman–Crippen MR) is 97.6 cm³/mol. The number of anilines is 1. The molecule has 2 N–H and O–H groups in total. The lowest BCUT2D eigenvalue weighted by Crippen LogP contribution is -2.28. The molecule has 0 spiro atoms. The quantitative estimate of drug-likeness (QED) is 0.599. The van der Waals surface area contributed by atoms with Crippen LogP contribution in [-0.4, -0.2) is 18.2 Å². The molecule has 0 radical (unpaired) electrons. The number of thiocarbonyl (C=S) groups is 1. The van der Waals surface area contributed by atoms with E-state index >= 15 is 0 Å². The number of halogens is 1. The molecule has 22 heavy (non-hydrogen) atoms. The maximum Gasteiger partial charge on any atom is 0.340 e. The van der Waals surface area contributed by atoms with Gasteiger partial charge in [-0.1, -0.05) is 34.1 Å². The number of hydrogen-bond acceptors (Lipinski definition) is 4. The van der Waals surface area contributed by atoms with Crippen molar-refractivity contribution in [2.75, 3.05) is 12.4 Å². The minimum atomic E-state index is -0.375. The van der Waals surface area contributed by atoms with Crippen LogP contribution in [0.5, 0.6) is 0 Å². The van der Waals surface area contributed by atoms with Gasteiger partial charge in [0.2, 0.25) is 0 Å². The molecule has 0 aliphatic rings. The zero-order chi connectivity index (χ0) is 16.1. The summed E-state index contributed by atoms with van der Waals surface area (Å²) in [5.74, 6) is -0.375. The molecule has 2 aromatic rings. The van der Waals surface area contributed by atoms with Crippen molar-refractivity contribution in [3.05, 3.63) is 50.8 Å². The molecule has 0 saturated carbocycles. The minimum absolute atomic E-state index is 0.375. The van der Waals surface area contributed by atoms with Crippen LogP contribution in [0.4, 0.5) is 5.00 Å². The Bertz CT molecular complexity index is 701. The third kappa shape index (κ3) is 4.28. The zero-order valence-electron chi connectivity index (χ0n) is 12.1. The van der Waals surface area contributed by atoms with Gasteiger partial charge in [0.05, 0.1) is 12.7 Å². The summed E-state index contributed by atoms with van der Waals surface area (Å²) in [7, 11) is 1.36. The van der Waals surface area contributed by atoms with Crippen molar-refractivity contribution in [3.63, 3.8) is 0 Å². The molecule has 1 aromatic carbocycles. The summed E-state index contributed by atoms with van der Waals surface area (Å²) in [6, 6.07) is 9.70. The number of carbonyl (C=O) groups is 1. The molecule has 2 rings (SSSR count). The van der Waals surface area contributed by atoms with Gasteiger partial charge in [0.25, 0.3) is 0 Å². The first-order chi connectivity index (χ1) is 10.5. The summed E-state index contributed by atoms with van der Waals surface area (Å²) in [5.41, 5.74) is 1.59. The van der Waals surface area contributed by atoms with Gasteiger partial charge in [-0.05, 0) is 36.8 Å². The highest BCUT2D eigenvalue weighted by molar-refractivity contribution is 9.10. The molecular formula is C15H15BrN2O2S2. The van der Waals surface area contributed by atoms with Crippen molar-refractivity contribution in [3.8, 4) is 0 Å². The Morgan fingerprint density at radius 1 is 1.41 bits per heavy atom. The number of benzene rings is 1. The van der Waals surface area contributed by atoms with E-state index in [9.17, 15) is 4.79 Å². The molecule has 0 saturated heterocycles. The molecule has 1 heterocycles. The van der Waals surface area contributed by atoms with Gasteiger partial charge in [-0.2, -0.15) is 0 Å². The third-order valence-electron chi connectivity index (χ3n) is 2.88. The highest BCUT2D eigenvalue weighted by Crippen LogP contribution is 2.28. The van der Waals surface area contributed by atoms with Gasteiger partial charge in [-0.15, -0.1) is 11.3 Å². The van der Waals surface area contributed by atoms with E-state index in [2.05, 4.69) is 26.6 Å². The first-order valence-electron chi connectivity index (χ1n) is 6.48. The first-order valence-corrected chi connectivity index (χ1v) is 8.50. The lowest BCUT2D eigenvalue weighted by atomic mass is 10.2. The minimum Gasteiger partial charge on any atom is -0.465 e. The van der Waals surface area contributed by atoms with Crippen molar-refractivity contribution in [2.24, 2.45) is 0 Å².